The van der Waals surface area contributed by atoms with Crippen LogP contribution in [0.3, 0.4) is 0 Å². The highest BCUT2D eigenvalue weighted by atomic mass is 16.1. The fraction of sp³-hybridized carbons (Fsp3) is 0.727. The van der Waals surface area contributed by atoms with Gasteiger partial charge >= 0.3 is 0 Å². The van der Waals surface area contributed by atoms with E-state index in [9.17, 15) is 9.59 Å². The van der Waals surface area contributed by atoms with E-state index in [-0.39, 0.29) is 16.6 Å². The Morgan fingerprint density at radius 3 is 2.58 bits per heavy atom. The zero-order valence-electron chi connectivity index (χ0n) is 15.5. The van der Waals surface area contributed by atoms with Crippen molar-refractivity contribution in [1.82, 2.24) is 0 Å². The van der Waals surface area contributed by atoms with Crippen molar-refractivity contribution in [2.24, 2.45) is 40.4 Å². The summed E-state index contributed by atoms with van der Waals surface area (Å²) in [5, 5.41) is 0. The normalized spacial score (nSPS) is 50.7. The van der Waals surface area contributed by atoms with Crippen LogP contribution in [0.4, 0.5) is 0 Å². The van der Waals surface area contributed by atoms with Crippen molar-refractivity contribution >= 4 is 11.6 Å². The highest BCUT2D eigenvalue weighted by Crippen LogP contribution is 2.63. The molecule has 2 nitrogen and oxygen atoms in total. The summed E-state index contributed by atoms with van der Waals surface area (Å²) >= 11 is 0. The average Bonchev–Trinajstić information content (AvgIpc) is 2.81. The Labute approximate surface area is 145 Å². The minimum atomic E-state index is -0.0805. The second-order valence-electron chi connectivity index (χ2n) is 9.41. The maximum absolute atomic E-state index is 12.6. The lowest BCUT2D eigenvalue weighted by molar-refractivity contribution is -0.131. The predicted molar refractivity (Wildman–Crippen MR) is 95.3 cm³/mol. The molecule has 4 aliphatic rings. The van der Waals surface area contributed by atoms with E-state index >= 15 is 0 Å². The van der Waals surface area contributed by atoms with Gasteiger partial charge < -0.3 is 0 Å². The van der Waals surface area contributed by atoms with Gasteiger partial charge in [0.25, 0.3) is 0 Å². The minimum absolute atomic E-state index is 0.00425. The Balaban J connectivity index is 1.81. The molecule has 4 rings (SSSR count). The monoisotopic (exact) mass is 326 g/mol. The predicted octanol–water partition coefficient (Wildman–Crippen LogP) is 4.75. The van der Waals surface area contributed by atoms with Gasteiger partial charge in [-0.15, -0.1) is 0 Å². The Hall–Kier alpha value is -1.18. The van der Waals surface area contributed by atoms with E-state index in [1.807, 2.05) is 6.08 Å². The first-order valence-corrected chi connectivity index (χ1v) is 9.76. The maximum Gasteiger partial charge on any atom is 0.178 e. The van der Waals surface area contributed by atoms with Crippen molar-refractivity contribution in [3.05, 3.63) is 23.8 Å². The lowest BCUT2D eigenvalue weighted by Gasteiger charge is -2.51. The lowest BCUT2D eigenvalue weighted by atomic mass is 9.52. The molecule has 4 aliphatic carbocycles. The molecule has 3 fully saturated rings. The third-order valence-corrected chi connectivity index (χ3v) is 8.42. The highest BCUT2D eigenvalue weighted by molar-refractivity contribution is 6.01. The summed E-state index contributed by atoms with van der Waals surface area (Å²) in [5.74, 6) is 3.40. The van der Waals surface area contributed by atoms with Gasteiger partial charge in [0.2, 0.25) is 0 Å². The van der Waals surface area contributed by atoms with Gasteiger partial charge in [0.05, 0.1) is 0 Å². The van der Waals surface area contributed by atoms with Gasteiger partial charge in [0.1, 0.15) is 5.78 Å². The summed E-state index contributed by atoms with van der Waals surface area (Å²) < 4.78 is 0. The molecule has 24 heavy (non-hydrogen) atoms. The molecule has 2 heteroatoms. The van der Waals surface area contributed by atoms with Crippen LogP contribution in [0.5, 0.6) is 0 Å². The molecule has 0 aromatic heterocycles. The largest absolute Gasteiger partial charge is 0.299 e. The molecule has 0 radical (unpaired) electrons. The van der Waals surface area contributed by atoms with Crippen molar-refractivity contribution in [3.63, 3.8) is 0 Å². The molecule has 0 bridgehead atoms. The second-order valence-corrected chi connectivity index (χ2v) is 9.41. The average molecular weight is 326 g/mol. The van der Waals surface area contributed by atoms with Crippen molar-refractivity contribution in [3.8, 4) is 0 Å². The van der Waals surface area contributed by atoms with Gasteiger partial charge in [0, 0.05) is 17.3 Å². The number of ketones is 2. The molecule has 7 atom stereocenters. The first-order valence-electron chi connectivity index (χ1n) is 9.76. The first-order chi connectivity index (χ1) is 11.3. The number of rotatable bonds is 0. The number of Topliss-reactive ketones (excluding diaryl/α,β-unsaturated/α-hetero) is 1. The molecule has 0 saturated heterocycles. The van der Waals surface area contributed by atoms with Crippen LogP contribution < -0.4 is 0 Å². The Bertz CT molecular complexity index is 657. The van der Waals surface area contributed by atoms with Gasteiger partial charge in [-0.2, -0.15) is 0 Å². The Kier molecular flexibility index (Phi) is 3.50. The van der Waals surface area contributed by atoms with E-state index in [1.54, 1.807) is 6.08 Å². The molecule has 0 aromatic rings. The molecule has 130 valence electrons. The molecule has 0 aromatic carbocycles. The summed E-state index contributed by atoms with van der Waals surface area (Å²) in [6.07, 6.45) is 11.1. The topological polar surface area (TPSA) is 34.1 Å². The van der Waals surface area contributed by atoms with Crippen LogP contribution in [0, 0.1) is 40.4 Å². The van der Waals surface area contributed by atoms with Crippen molar-refractivity contribution < 1.29 is 9.59 Å². The van der Waals surface area contributed by atoms with Crippen molar-refractivity contribution in [1.29, 1.82) is 0 Å². The number of allylic oxidation sites excluding steroid dienone is 4. The molecule has 3 saturated carbocycles. The zero-order chi connectivity index (χ0) is 17.3. The van der Waals surface area contributed by atoms with Crippen molar-refractivity contribution in [2.75, 3.05) is 0 Å². The van der Waals surface area contributed by atoms with Crippen LogP contribution >= 0.6 is 0 Å². The maximum atomic E-state index is 12.6. The van der Waals surface area contributed by atoms with E-state index in [1.165, 1.54) is 12.0 Å². The number of hydrogen-bond acceptors (Lipinski definition) is 2. The summed E-state index contributed by atoms with van der Waals surface area (Å²) in [6.45, 7) is 9.24. The van der Waals surface area contributed by atoms with Gasteiger partial charge in [-0.25, -0.2) is 0 Å². The van der Waals surface area contributed by atoms with E-state index in [4.69, 9.17) is 0 Å². The van der Waals surface area contributed by atoms with E-state index in [2.05, 4.69) is 33.8 Å². The van der Waals surface area contributed by atoms with E-state index in [0.717, 1.165) is 25.7 Å². The van der Waals surface area contributed by atoms with Crippen LogP contribution in [-0.4, -0.2) is 11.6 Å². The number of carbonyl (C=O) groups excluding carboxylic acids is 2. The Morgan fingerprint density at radius 1 is 1.08 bits per heavy atom. The zero-order valence-corrected chi connectivity index (χ0v) is 15.5. The summed E-state index contributed by atoms with van der Waals surface area (Å²) in [6, 6.07) is 0. The third-order valence-electron chi connectivity index (χ3n) is 8.42. The van der Waals surface area contributed by atoms with Crippen LogP contribution in [0.15, 0.2) is 23.8 Å². The van der Waals surface area contributed by atoms with Gasteiger partial charge in [-0.1, -0.05) is 39.3 Å². The third kappa shape index (κ3) is 2.01. The standard InChI is InChI=1S/C22H30O2/c1-13-11-16-17-5-6-20(24)22(17,4)10-8-18(16)21(3)9-7-15(23)12-19(21)14(13)2/h7,9,12-14,16-18H,5-6,8,10-11H2,1-4H3/t13?,14?,16-,17-,18?,21+,22-/m0/s1. The molecule has 0 heterocycles. The van der Waals surface area contributed by atoms with Crippen molar-refractivity contribution in [2.45, 2.75) is 59.8 Å². The molecule has 0 amide bonds. The highest BCUT2D eigenvalue weighted by Gasteiger charge is 2.58. The summed E-state index contributed by atoms with van der Waals surface area (Å²) in [7, 11) is 0. The fourth-order valence-corrected chi connectivity index (χ4v) is 6.74. The second kappa shape index (κ2) is 5.16. The summed E-state index contributed by atoms with van der Waals surface area (Å²) in [4.78, 5) is 24.6. The molecule has 0 aliphatic heterocycles. The molecule has 0 spiro atoms. The Morgan fingerprint density at radius 2 is 1.83 bits per heavy atom. The lowest BCUT2D eigenvalue weighted by Crippen LogP contribution is -2.46. The van der Waals surface area contributed by atoms with Crippen LogP contribution in [0.1, 0.15) is 59.8 Å². The molecular formula is C22H30O2. The minimum Gasteiger partial charge on any atom is -0.299 e. The van der Waals surface area contributed by atoms with E-state index in [0.29, 0.717) is 35.4 Å². The van der Waals surface area contributed by atoms with Crippen LogP contribution in [0.25, 0.3) is 0 Å². The molecule has 3 unspecified atom stereocenters. The van der Waals surface area contributed by atoms with Gasteiger partial charge in [0.15, 0.2) is 5.78 Å². The van der Waals surface area contributed by atoms with Gasteiger partial charge in [-0.3, -0.25) is 9.59 Å². The molecule has 0 N–H and O–H groups in total. The van der Waals surface area contributed by atoms with Crippen LogP contribution in [0.2, 0.25) is 0 Å². The van der Waals surface area contributed by atoms with Crippen LogP contribution in [-0.2, 0) is 9.59 Å². The SMILES string of the molecule is CC1C[C@@H]2C(CC[C@]3(C)C(=O)CC[C@@H]23)[C@@]2(C)C=CC(=O)C=C2C1C. The number of fused-ring (bicyclic) bond motifs is 5. The number of hydrogen-bond donors (Lipinski definition) is 0. The smallest absolute Gasteiger partial charge is 0.178 e. The van der Waals surface area contributed by atoms with Gasteiger partial charge in [-0.05, 0) is 67.4 Å². The first kappa shape index (κ1) is 16.3. The molecular weight excluding hydrogens is 296 g/mol. The number of carbonyl (C=O) groups is 2. The quantitative estimate of drug-likeness (QED) is 0.644. The fourth-order valence-electron chi connectivity index (χ4n) is 6.74. The summed E-state index contributed by atoms with van der Waals surface area (Å²) in [5.41, 5.74) is 1.27. The van der Waals surface area contributed by atoms with E-state index < -0.39 is 0 Å².